The summed E-state index contributed by atoms with van der Waals surface area (Å²) in [6, 6.07) is 0.805. The number of rotatable bonds is 4. The van der Waals surface area contributed by atoms with Gasteiger partial charge in [0, 0.05) is 32.1 Å². The maximum Gasteiger partial charge on any atom is 0.0905 e. The summed E-state index contributed by atoms with van der Waals surface area (Å²) >= 11 is 0. The lowest BCUT2D eigenvalue weighted by atomic mass is 9.99. The van der Waals surface area contributed by atoms with Gasteiger partial charge in [-0.3, -0.25) is 10.3 Å². The Balaban J connectivity index is 1.70. The van der Waals surface area contributed by atoms with Crippen LogP contribution in [0.3, 0.4) is 0 Å². The van der Waals surface area contributed by atoms with Crippen LogP contribution in [0.25, 0.3) is 0 Å². The first-order valence-corrected chi connectivity index (χ1v) is 6.55. The second-order valence-electron chi connectivity index (χ2n) is 5.11. The molecule has 0 aromatic carbocycles. The van der Waals surface area contributed by atoms with Crippen LogP contribution in [0.15, 0.2) is 0 Å². The van der Waals surface area contributed by atoms with Crippen LogP contribution in [0.2, 0.25) is 0 Å². The second kappa shape index (κ2) is 5.64. The zero-order valence-corrected chi connectivity index (χ0v) is 10.1. The number of nitrogens with zero attached hydrogens (tertiary/aromatic N) is 2. The highest BCUT2D eigenvalue weighted by atomic mass is 15.3. The maximum absolute atomic E-state index is 7.21. The van der Waals surface area contributed by atoms with Crippen LogP contribution in [-0.4, -0.2) is 54.4 Å². The third kappa shape index (κ3) is 3.19. The zero-order chi connectivity index (χ0) is 11.4. The highest BCUT2D eigenvalue weighted by molar-refractivity contribution is 5.76. The molecule has 0 spiro atoms. The molecule has 1 unspecified atom stereocenters. The van der Waals surface area contributed by atoms with Gasteiger partial charge in [0.1, 0.15) is 0 Å². The molecule has 0 aliphatic carbocycles. The molecule has 92 valence electrons. The smallest absolute Gasteiger partial charge is 0.0905 e. The van der Waals surface area contributed by atoms with Crippen molar-refractivity contribution in [2.45, 2.75) is 38.1 Å². The van der Waals surface area contributed by atoms with E-state index in [2.05, 4.69) is 9.80 Å². The molecule has 2 fully saturated rings. The first-order chi connectivity index (χ1) is 7.75. The predicted octanol–water partition coefficient (Wildman–Crippen LogP) is 0.873. The molecular formula is C12H24N4. The fourth-order valence-corrected chi connectivity index (χ4v) is 2.92. The molecule has 4 nitrogen and oxygen atoms in total. The van der Waals surface area contributed by atoms with Gasteiger partial charge in [-0.2, -0.15) is 0 Å². The number of hydrogen-bond donors (Lipinski definition) is 2. The maximum atomic E-state index is 7.21. The van der Waals surface area contributed by atoms with E-state index < -0.39 is 0 Å². The third-order valence-electron chi connectivity index (χ3n) is 3.84. The molecule has 0 radical (unpaired) electrons. The SMILES string of the molecule is N=C(N)CCCN1CCN2CCCCC2C1. The standard InChI is InChI=1S/C12H24N4/c13-12(14)5-3-6-15-8-9-16-7-2-1-4-11(16)10-15/h11H,1-10H2,(H3,13,14). The molecule has 2 heterocycles. The van der Waals surface area contributed by atoms with Crippen LogP contribution in [0.4, 0.5) is 0 Å². The molecule has 2 rings (SSSR count). The molecule has 2 aliphatic heterocycles. The summed E-state index contributed by atoms with van der Waals surface area (Å²) in [7, 11) is 0. The van der Waals surface area contributed by atoms with Crippen molar-refractivity contribution in [1.82, 2.24) is 9.80 Å². The Hall–Kier alpha value is -0.610. The van der Waals surface area contributed by atoms with Crippen LogP contribution in [0.1, 0.15) is 32.1 Å². The van der Waals surface area contributed by atoms with E-state index >= 15 is 0 Å². The van der Waals surface area contributed by atoms with Crippen LogP contribution in [-0.2, 0) is 0 Å². The molecule has 4 heteroatoms. The van der Waals surface area contributed by atoms with Crippen LogP contribution in [0.5, 0.6) is 0 Å². The number of nitrogens with one attached hydrogen (secondary N) is 1. The monoisotopic (exact) mass is 224 g/mol. The van der Waals surface area contributed by atoms with Crippen LogP contribution >= 0.6 is 0 Å². The average Bonchev–Trinajstić information content (AvgIpc) is 2.28. The molecule has 0 aromatic heterocycles. The van der Waals surface area contributed by atoms with Gasteiger partial charge in [-0.05, 0) is 32.4 Å². The van der Waals surface area contributed by atoms with E-state index in [0.717, 1.165) is 25.4 Å². The zero-order valence-electron chi connectivity index (χ0n) is 10.1. The first kappa shape index (κ1) is 11.9. The molecule has 1 atom stereocenters. The highest BCUT2D eigenvalue weighted by Gasteiger charge is 2.28. The van der Waals surface area contributed by atoms with Gasteiger partial charge in [0.25, 0.3) is 0 Å². The van der Waals surface area contributed by atoms with Crippen LogP contribution < -0.4 is 5.73 Å². The van der Waals surface area contributed by atoms with E-state index in [-0.39, 0.29) is 0 Å². The molecule has 0 bridgehead atoms. The lowest BCUT2D eigenvalue weighted by Gasteiger charge is -2.44. The molecule has 2 saturated heterocycles. The van der Waals surface area contributed by atoms with Crippen molar-refractivity contribution in [1.29, 1.82) is 5.41 Å². The number of amidine groups is 1. The number of fused-ring (bicyclic) bond motifs is 1. The topological polar surface area (TPSA) is 56.4 Å². The summed E-state index contributed by atoms with van der Waals surface area (Å²) in [5, 5.41) is 7.21. The quantitative estimate of drug-likeness (QED) is 0.550. The molecule has 0 aromatic rings. The van der Waals surface area contributed by atoms with Gasteiger partial charge >= 0.3 is 0 Å². The van der Waals surface area contributed by atoms with Gasteiger partial charge < -0.3 is 10.6 Å². The molecule has 3 N–H and O–H groups in total. The van der Waals surface area contributed by atoms with Crippen molar-refractivity contribution >= 4 is 5.84 Å². The van der Waals surface area contributed by atoms with Gasteiger partial charge in [0.15, 0.2) is 0 Å². The van der Waals surface area contributed by atoms with Crippen molar-refractivity contribution < 1.29 is 0 Å². The summed E-state index contributed by atoms with van der Waals surface area (Å²) in [5.74, 6) is 0.330. The Bertz CT molecular complexity index is 241. The minimum Gasteiger partial charge on any atom is -0.388 e. The van der Waals surface area contributed by atoms with Crippen molar-refractivity contribution in [3.05, 3.63) is 0 Å². The average molecular weight is 224 g/mol. The minimum atomic E-state index is 0.330. The van der Waals surface area contributed by atoms with Crippen molar-refractivity contribution in [3.63, 3.8) is 0 Å². The highest BCUT2D eigenvalue weighted by Crippen LogP contribution is 2.21. The van der Waals surface area contributed by atoms with Gasteiger partial charge in [-0.15, -0.1) is 0 Å². The van der Waals surface area contributed by atoms with Crippen LogP contribution in [0, 0.1) is 5.41 Å². The summed E-state index contributed by atoms with van der Waals surface area (Å²) in [6.45, 7) is 6.10. The molecule has 0 amide bonds. The first-order valence-electron chi connectivity index (χ1n) is 6.55. The fraction of sp³-hybridized carbons (Fsp3) is 0.917. The van der Waals surface area contributed by atoms with Crippen molar-refractivity contribution in [2.24, 2.45) is 5.73 Å². The Morgan fingerprint density at radius 1 is 1.25 bits per heavy atom. The van der Waals surface area contributed by atoms with Gasteiger partial charge in [0.2, 0.25) is 0 Å². The number of hydrogen-bond acceptors (Lipinski definition) is 3. The Kier molecular flexibility index (Phi) is 4.18. The van der Waals surface area contributed by atoms with Gasteiger partial charge in [-0.25, -0.2) is 0 Å². The van der Waals surface area contributed by atoms with E-state index in [1.54, 1.807) is 0 Å². The molecule has 0 saturated carbocycles. The van der Waals surface area contributed by atoms with E-state index in [0.29, 0.717) is 5.84 Å². The van der Waals surface area contributed by atoms with Crippen molar-refractivity contribution in [3.8, 4) is 0 Å². The largest absolute Gasteiger partial charge is 0.388 e. The Labute approximate surface area is 98.3 Å². The van der Waals surface area contributed by atoms with Crippen molar-refractivity contribution in [2.75, 3.05) is 32.7 Å². The normalized spacial score (nSPS) is 27.6. The number of piperidine rings is 1. The van der Waals surface area contributed by atoms with E-state index in [4.69, 9.17) is 11.1 Å². The molecule has 16 heavy (non-hydrogen) atoms. The second-order valence-corrected chi connectivity index (χ2v) is 5.11. The summed E-state index contributed by atoms with van der Waals surface area (Å²) < 4.78 is 0. The Morgan fingerprint density at radius 2 is 2.12 bits per heavy atom. The van der Waals surface area contributed by atoms with E-state index in [1.807, 2.05) is 0 Å². The van der Waals surface area contributed by atoms with E-state index in [1.165, 1.54) is 45.4 Å². The van der Waals surface area contributed by atoms with Gasteiger partial charge in [-0.1, -0.05) is 6.42 Å². The lowest BCUT2D eigenvalue weighted by Crippen LogP contribution is -2.54. The predicted molar refractivity (Wildman–Crippen MR) is 66.8 cm³/mol. The van der Waals surface area contributed by atoms with Gasteiger partial charge in [0.05, 0.1) is 5.84 Å². The number of nitrogens with two attached hydrogens (primary N) is 1. The molecule has 2 aliphatic rings. The summed E-state index contributed by atoms with van der Waals surface area (Å²) in [6.07, 6.45) is 5.97. The molecular weight excluding hydrogens is 200 g/mol. The Morgan fingerprint density at radius 3 is 2.94 bits per heavy atom. The number of piperazine rings is 1. The fourth-order valence-electron chi connectivity index (χ4n) is 2.92. The lowest BCUT2D eigenvalue weighted by molar-refractivity contribution is 0.0492. The summed E-state index contributed by atoms with van der Waals surface area (Å²) in [4.78, 5) is 5.21. The minimum absolute atomic E-state index is 0.330. The van der Waals surface area contributed by atoms with E-state index in [9.17, 15) is 0 Å². The summed E-state index contributed by atoms with van der Waals surface area (Å²) in [5.41, 5.74) is 5.37. The third-order valence-corrected chi connectivity index (χ3v) is 3.84.